The summed E-state index contributed by atoms with van der Waals surface area (Å²) in [5.74, 6) is 1.72. The Bertz CT molecular complexity index is 460. The molecule has 1 aliphatic heterocycles. The lowest BCUT2D eigenvalue weighted by Gasteiger charge is -2.40. The molecule has 0 saturated heterocycles. The van der Waals surface area contributed by atoms with Crippen molar-refractivity contribution in [3.8, 4) is 0 Å². The fourth-order valence-corrected chi connectivity index (χ4v) is 4.39. The molecular formula is C19H29NO. The molecule has 2 heteroatoms. The molecule has 116 valence electrons. The Balaban J connectivity index is 1.78. The fourth-order valence-electron chi connectivity index (χ4n) is 4.39. The first-order chi connectivity index (χ1) is 10.1. The molecule has 4 unspecified atom stereocenters. The van der Waals surface area contributed by atoms with Crippen molar-refractivity contribution in [2.24, 2.45) is 17.8 Å². The summed E-state index contributed by atoms with van der Waals surface area (Å²) in [5, 5.41) is 10.5. The molecule has 0 aromatic heterocycles. The Labute approximate surface area is 129 Å². The van der Waals surface area contributed by atoms with Gasteiger partial charge in [-0.05, 0) is 55.6 Å². The number of fused-ring (bicyclic) bond motifs is 1. The number of aryl methyl sites for hydroxylation is 1. The number of benzene rings is 1. The Morgan fingerprint density at radius 2 is 1.95 bits per heavy atom. The highest BCUT2D eigenvalue weighted by atomic mass is 16.3. The van der Waals surface area contributed by atoms with E-state index in [4.69, 9.17) is 0 Å². The normalized spacial score (nSPS) is 33.4. The smallest absolute Gasteiger partial charge is 0.0590 e. The van der Waals surface area contributed by atoms with E-state index in [1.54, 1.807) is 0 Å². The zero-order valence-electron chi connectivity index (χ0n) is 13.5. The molecule has 1 heterocycles. The van der Waals surface area contributed by atoms with Crippen LogP contribution < -0.4 is 4.90 Å². The van der Waals surface area contributed by atoms with E-state index < -0.39 is 0 Å². The summed E-state index contributed by atoms with van der Waals surface area (Å²) in [6, 6.07) is 8.85. The van der Waals surface area contributed by atoms with E-state index in [-0.39, 0.29) is 6.10 Å². The van der Waals surface area contributed by atoms with E-state index in [1.165, 1.54) is 36.9 Å². The molecule has 1 aliphatic carbocycles. The van der Waals surface area contributed by atoms with Crippen LogP contribution in [0.3, 0.4) is 0 Å². The van der Waals surface area contributed by atoms with Gasteiger partial charge in [0.25, 0.3) is 0 Å². The number of rotatable bonds is 2. The van der Waals surface area contributed by atoms with Crippen molar-refractivity contribution in [1.29, 1.82) is 0 Å². The lowest BCUT2D eigenvalue weighted by atomic mass is 9.73. The van der Waals surface area contributed by atoms with E-state index in [0.29, 0.717) is 17.8 Å². The van der Waals surface area contributed by atoms with Gasteiger partial charge in [-0.15, -0.1) is 0 Å². The van der Waals surface area contributed by atoms with Crippen LogP contribution in [-0.2, 0) is 6.42 Å². The summed E-state index contributed by atoms with van der Waals surface area (Å²) in [6.07, 6.45) is 5.86. The van der Waals surface area contributed by atoms with E-state index in [1.807, 2.05) is 0 Å². The van der Waals surface area contributed by atoms with Crippen LogP contribution in [0.5, 0.6) is 0 Å². The first-order valence-electron chi connectivity index (χ1n) is 8.66. The SMILES string of the molecule is CC1CC(C)C(CN2CCCCc3ccccc32)C(O)C1. The molecule has 21 heavy (non-hydrogen) atoms. The minimum Gasteiger partial charge on any atom is -0.393 e. The fraction of sp³-hybridized carbons (Fsp3) is 0.684. The van der Waals surface area contributed by atoms with Gasteiger partial charge in [0.1, 0.15) is 0 Å². The summed E-state index contributed by atoms with van der Waals surface area (Å²) in [7, 11) is 0. The van der Waals surface area contributed by atoms with E-state index in [0.717, 1.165) is 19.5 Å². The monoisotopic (exact) mass is 287 g/mol. The molecule has 0 bridgehead atoms. The summed E-state index contributed by atoms with van der Waals surface area (Å²) in [6.45, 7) is 6.76. The van der Waals surface area contributed by atoms with Crippen molar-refractivity contribution in [2.75, 3.05) is 18.0 Å². The third kappa shape index (κ3) is 3.26. The zero-order valence-corrected chi connectivity index (χ0v) is 13.5. The summed E-state index contributed by atoms with van der Waals surface area (Å²) in [5.41, 5.74) is 2.90. The van der Waals surface area contributed by atoms with E-state index in [2.05, 4.69) is 43.0 Å². The van der Waals surface area contributed by atoms with Crippen molar-refractivity contribution in [3.63, 3.8) is 0 Å². The largest absolute Gasteiger partial charge is 0.393 e. The van der Waals surface area contributed by atoms with Gasteiger partial charge in [-0.2, -0.15) is 0 Å². The van der Waals surface area contributed by atoms with Crippen molar-refractivity contribution in [2.45, 2.75) is 52.1 Å². The Morgan fingerprint density at radius 1 is 1.14 bits per heavy atom. The van der Waals surface area contributed by atoms with Crippen molar-refractivity contribution in [1.82, 2.24) is 0 Å². The second-order valence-electron chi connectivity index (χ2n) is 7.32. The molecule has 1 saturated carbocycles. The highest BCUT2D eigenvalue weighted by Gasteiger charge is 2.34. The molecule has 4 atom stereocenters. The van der Waals surface area contributed by atoms with E-state index in [9.17, 15) is 5.11 Å². The van der Waals surface area contributed by atoms with Crippen LogP contribution in [0.15, 0.2) is 24.3 Å². The van der Waals surface area contributed by atoms with Crippen LogP contribution in [0.25, 0.3) is 0 Å². The topological polar surface area (TPSA) is 23.5 Å². The highest BCUT2D eigenvalue weighted by molar-refractivity contribution is 5.54. The average molecular weight is 287 g/mol. The zero-order chi connectivity index (χ0) is 14.8. The summed E-state index contributed by atoms with van der Waals surface area (Å²) in [4.78, 5) is 2.54. The van der Waals surface area contributed by atoms with Gasteiger partial charge in [0.15, 0.2) is 0 Å². The molecule has 1 aromatic carbocycles. The maximum atomic E-state index is 10.5. The predicted octanol–water partition coefficient (Wildman–Crippen LogP) is 3.87. The lowest BCUT2D eigenvalue weighted by Crippen LogP contribution is -2.43. The molecule has 0 amide bonds. The first-order valence-corrected chi connectivity index (χ1v) is 8.66. The van der Waals surface area contributed by atoms with Gasteiger partial charge in [-0.1, -0.05) is 32.0 Å². The maximum absolute atomic E-state index is 10.5. The van der Waals surface area contributed by atoms with Crippen LogP contribution in [0, 0.1) is 17.8 Å². The number of hydrogen-bond donors (Lipinski definition) is 1. The minimum atomic E-state index is -0.126. The number of aliphatic hydroxyl groups excluding tert-OH is 1. The summed E-state index contributed by atoms with van der Waals surface area (Å²) < 4.78 is 0. The second-order valence-corrected chi connectivity index (χ2v) is 7.32. The maximum Gasteiger partial charge on any atom is 0.0590 e. The molecule has 1 N–H and O–H groups in total. The van der Waals surface area contributed by atoms with E-state index >= 15 is 0 Å². The molecule has 0 radical (unpaired) electrons. The molecule has 3 rings (SSSR count). The van der Waals surface area contributed by atoms with Gasteiger partial charge in [0, 0.05) is 24.7 Å². The van der Waals surface area contributed by atoms with Gasteiger partial charge in [-0.25, -0.2) is 0 Å². The molecule has 1 fully saturated rings. The lowest BCUT2D eigenvalue weighted by molar-refractivity contribution is 0.0200. The van der Waals surface area contributed by atoms with Gasteiger partial charge in [0.05, 0.1) is 6.10 Å². The molecular weight excluding hydrogens is 258 g/mol. The van der Waals surface area contributed by atoms with Crippen LogP contribution in [0.2, 0.25) is 0 Å². The molecule has 2 nitrogen and oxygen atoms in total. The standard InChI is InChI=1S/C19H29NO/c1-14-11-15(2)17(19(21)12-14)13-20-10-6-5-8-16-7-3-4-9-18(16)20/h3-4,7,9,14-15,17,19,21H,5-6,8,10-13H2,1-2H3. The molecule has 1 aromatic rings. The molecule has 0 spiro atoms. The second kappa shape index (κ2) is 6.39. The minimum absolute atomic E-state index is 0.126. The predicted molar refractivity (Wildman–Crippen MR) is 88.7 cm³/mol. The third-order valence-corrected chi connectivity index (χ3v) is 5.53. The average Bonchev–Trinajstić information content (AvgIpc) is 2.65. The number of aliphatic hydroxyl groups is 1. The van der Waals surface area contributed by atoms with Gasteiger partial charge in [0.2, 0.25) is 0 Å². The van der Waals surface area contributed by atoms with Gasteiger partial charge < -0.3 is 10.0 Å². The molecule has 2 aliphatic rings. The van der Waals surface area contributed by atoms with Gasteiger partial charge >= 0.3 is 0 Å². The quantitative estimate of drug-likeness (QED) is 0.892. The Kier molecular flexibility index (Phi) is 4.54. The number of nitrogens with zero attached hydrogens (tertiary/aromatic N) is 1. The van der Waals surface area contributed by atoms with Crippen LogP contribution in [-0.4, -0.2) is 24.3 Å². The third-order valence-electron chi connectivity index (χ3n) is 5.53. The van der Waals surface area contributed by atoms with Crippen molar-refractivity contribution in [3.05, 3.63) is 29.8 Å². The van der Waals surface area contributed by atoms with Crippen molar-refractivity contribution < 1.29 is 5.11 Å². The Hall–Kier alpha value is -1.02. The Morgan fingerprint density at radius 3 is 2.76 bits per heavy atom. The number of hydrogen-bond acceptors (Lipinski definition) is 2. The highest BCUT2D eigenvalue weighted by Crippen LogP contribution is 2.36. The number of anilines is 1. The van der Waals surface area contributed by atoms with Crippen molar-refractivity contribution >= 4 is 5.69 Å². The first kappa shape index (κ1) is 14.9. The van der Waals surface area contributed by atoms with Crippen LogP contribution in [0.4, 0.5) is 5.69 Å². The number of para-hydroxylation sites is 1. The van der Waals surface area contributed by atoms with Gasteiger partial charge in [-0.3, -0.25) is 0 Å². The van der Waals surface area contributed by atoms with Crippen LogP contribution in [0.1, 0.15) is 45.1 Å². The van der Waals surface area contributed by atoms with Crippen LogP contribution >= 0.6 is 0 Å². The summed E-state index contributed by atoms with van der Waals surface area (Å²) >= 11 is 0.